The summed E-state index contributed by atoms with van der Waals surface area (Å²) >= 11 is 0. The molecule has 1 fully saturated rings. The number of aromatic amines is 1. The van der Waals surface area contributed by atoms with Crippen LogP contribution in [0, 0.1) is 17.5 Å². The largest absolute Gasteiger partial charge is 0.450 e. The van der Waals surface area contributed by atoms with Gasteiger partial charge in [0.2, 0.25) is 5.95 Å². The highest BCUT2D eigenvalue weighted by molar-refractivity contribution is 5.68. The van der Waals surface area contributed by atoms with Crippen LogP contribution in [-0.2, 0) is 0 Å². The van der Waals surface area contributed by atoms with Crippen LogP contribution in [0.5, 0.6) is 11.5 Å². The molecule has 0 spiro atoms. The maximum absolute atomic E-state index is 14.2. The summed E-state index contributed by atoms with van der Waals surface area (Å²) in [6, 6.07) is 0.808. The summed E-state index contributed by atoms with van der Waals surface area (Å²) in [6.07, 6.45) is 5.42. The Morgan fingerprint density at radius 2 is 1.80 bits per heavy atom. The van der Waals surface area contributed by atoms with Crippen molar-refractivity contribution in [2.75, 3.05) is 18.0 Å². The quantitative estimate of drug-likeness (QED) is 0.401. The van der Waals surface area contributed by atoms with Gasteiger partial charge in [0.25, 0.3) is 5.92 Å². The molecule has 0 radical (unpaired) electrons. The lowest BCUT2D eigenvalue weighted by molar-refractivity contribution is -0.00607. The number of nitrogens with one attached hydrogen (secondary N) is 1. The molecule has 3 N–H and O–H groups in total. The van der Waals surface area contributed by atoms with Crippen molar-refractivity contribution in [1.82, 2.24) is 20.2 Å². The van der Waals surface area contributed by atoms with E-state index in [1.165, 1.54) is 24.7 Å². The number of nitrogens with two attached hydrogens (primary N) is 1. The lowest BCUT2D eigenvalue weighted by Crippen LogP contribution is -2.29. The Hall–Kier alpha value is -3.54. The minimum absolute atomic E-state index is 0.00104. The van der Waals surface area contributed by atoms with Gasteiger partial charge in [-0.05, 0) is 23.6 Å². The van der Waals surface area contributed by atoms with Gasteiger partial charge in [-0.15, -0.1) is 0 Å². The highest BCUT2D eigenvalue weighted by Gasteiger charge is 2.35. The topological polar surface area (TPSA) is 92.9 Å². The fraction of sp³-hybridized carbons (Fsp3) is 0.348. The molecule has 3 aromatic rings. The molecule has 2 aromatic heterocycles. The molecule has 0 amide bonds. The van der Waals surface area contributed by atoms with E-state index in [1.807, 2.05) is 0 Å². The molecular formula is C23H21F5N6O. The summed E-state index contributed by atoms with van der Waals surface area (Å²) < 4.78 is 73.9. The van der Waals surface area contributed by atoms with E-state index in [1.54, 1.807) is 4.90 Å². The number of anilines is 1. The van der Waals surface area contributed by atoms with Gasteiger partial charge in [-0.3, -0.25) is 5.10 Å². The third-order valence-corrected chi connectivity index (χ3v) is 6.25. The molecule has 0 unspecified atom stereocenters. The van der Waals surface area contributed by atoms with Crippen molar-refractivity contribution in [3.8, 4) is 11.5 Å². The van der Waals surface area contributed by atoms with Gasteiger partial charge in [-0.1, -0.05) is 6.08 Å². The first-order chi connectivity index (χ1) is 16.7. The number of ether oxygens (including phenoxy) is 1. The molecule has 0 bridgehead atoms. The Balaban J connectivity index is 1.28. The molecule has 184 valence electrons. The smallest absolute Gasteiger partial charge is 0.251 e. The van der Waals surface area contributed by atoms with Gasteiger partial charge in [0.15, 0.2) is 23.1 Å². The first-order valence-electron chi connectivity index (χ1n) is 11.0. The Morgan fingerprint density at radius 1 is 1.06 bits per heavy atom. The molecule has 12 heteroatoms. The SMILES string of the molecule is N[C@H]1CN(c2ncc(Oc3c[nH]nc3C3=CCC(F)(F)CC3)cn2)C[C@@H]1c1cc(F)c(F)cc1F. The van der Waals surface area contributed by atoms with Crippen LogP contribution < -0.4 is 15.4 Å². The van der Waals surface area contributed by atoms with Gasteiger partial charge in [0, 0.05) is 44.0 Å². The molecule has 1 aromatic carbocycles. The third kappa shape index (κ3) is 4.70. The second-order valence-corrected chi connectivity index (χ2v) is 8.67. The zero-order valence-electron chi connectivity index (χ0n) is 18.3. The first kappa shape index (κ1) is 23.2. The van der Waals surface area contributed by atoms with Gasteiger partial charge in [-0.25, -0.2) is 31.9 Å². The number of rotatable bonds is 5. The molecule has 2 atom stereocenters. The second kappa shape index (κ2) is 8.91. The second-order valence-electron chi connectivity index (χ2n) is 8.67. The molecule has 1 saturated heterocycles. The van der Waals surface area contributed by atoms with Gasteiger partial charge < -0.3 is 15.4 Å². The average Bonchev–Trinajstić information content (AvgIpc) is 3.43. The van der Waals surface area contributed by atoms with Gasteiger partial charge in [-0.2, -0.15) is 5.10 Å². The number of alkyl halides is 2. The molecule has 3 heterocycles. The fourth-order valence-electron chi connectivity index (χ4n) is 4.39. The summed E-state index contributed by atoms with van der Waals surface area (Å²) in [6.45, 7) is 0.502. The lowest BCUT2D eigenvalue weighted by Gasteiger charge is -2.21. The summed E-state index contributed by atoms with van der Waals surface area (Å²) in [5, 5.41) is 6.80. The zero-order valence-corrected chi connectivity index (χ0v) is 18.3. The highest BCUT2D eigenvalue weighted by Crippen LogP contribution is 2.39. The van der Waals surface area contributed by atoms with Crippen LogP contribution in [0.25, 0.3) is 5.57 Å². The van der Waals surface area contributed by atoms with Crippen molar-refractivity contribution >= 4 is 11.5 Å². The van der Waals surface area contributed by atoms with Crippen LogP contribution in [0.15, 0.2) is 36.8 Å². The van der Waals surface area contributed by atoms with E-state index in [0.717, 1.165) is 6.07 Å². The molecular weight excluding hydrogens is 471 g/mol. The Labute approximate surface area is 196 Å². The third-order valence-electron chi connectivity index (χ3n) is 6.25. The van der Waals surface area contributed by atoms with Crippen LogP contribution >= 0.6 is 0 Å². The molecule has 5 rings (SSSR count). The van der Waals surface area contributed by atoms with Crippen molar-refractivity contribution in [2.45, 2.75) is 37.1 Å². The van der Waals surface area contributed by atoms with Gasteiger partial charge >= 0.3 is 0 Å². The number of halogens is 5. The number of H-pyrrole nitrogens is 1. The summed E-state index contributed by atoms with van der Waals surface area (Å²) in [5.74, 6) is -5.58. The monoisotopic (exact) mass is 492 g/mol. The van der Waals surface area contributed by atoms with Crippen LogP contribution in [-0.4, -0.2) is 45.2 Å². The van der Waals surface area contributed by atoms with Crippen LogP contribution in [0.2, 0.25) is 0 Å². The lowest BCUT2D eigenvalue weighted by atomic mass is 9.94. The Kier molecular flexibility index (Phi) is 5.91. The summed E-state index contributed by atoms with van der Waals surface area (Å²) in [7, 11) is 0. The number of hydrogen-bond donors (Lipinski definition) is 2. The minimum atomic E-state index is -2.71. The Morgan fingerprint density at radius 3 is 2.51 bits per heavy atom. The zero-order chi connectivity index (χ0) is 24.7. The molecule has 2 aliphatic rings. The number of aromatic nitrogens is 4. The van der Waals surface area contributed by atoms with Crippen molar-refractivity contribution < 1.29 is 26.7 Å². The van der Waals surface area contributed by atoms with E-state index in [-0.39, 0.29) is 37.9 Å². The van der Waals surface area contributed by atoms with E-state index < -0.39 is 35.3 Å². The molecule has 35 heavy (non-hydrogen) atoms. The van der Waals surface area contributed by atoms with Crippen molar-refractivity contribution in [2.24, 2.45) is 5.73 Å². The number of allylic oxidation sites excluding steroid dienone is 2. The average molecular weight is 492 g/mol. The summed E-state index contributed by atoms with van der Waals surface area (Å²) in [5.41, 5.74) is 7.28. The van der Waals surface area contributed by atoms with Crippen LogP contribution in [0.1, 0.15) is 36.4 Å². The van der Waals surface area contributed by atoms with Crippen LogP contribution in [0.4, 0.5) is 27.9 Å². The van der Waals surface area contributed by atoms with Crippen LogP contribution in [0.3, 0.4) is 0 Å². The molecule has 1 aliphatic heterocycles. The van der Waals surface area contributed by atoms with Gasteiger partial charge in [0.05, 0.1) is 18.6 Å². The number of benzene rings is 1. The highest BCUT2D eigenvalue weighted by atomic mass is 19.3. The molecule has 7 nitrogen and oxygen atoms in total. The summed E-state index contributed by atoms with van der Waals surface area (Å²) in [4.78, 5) is 10.3. The number of hydrogen-bond acceptors (Lipinski definition) is 6. The maximum Gasteiger partial charge on any atom is 0.251 e. The van der Waals surface area contributed by atoms with Crippen molar-refractivity contribution in [3.05, 3.63) is 65.5 Å². The standard InChI is InChI=1S/C23H21F5N6O/c24-16-6-18(26)17(25)5-14(16)15-10-34(11-19(15)29)22-30-7-13(8-31-22)35-20-9-32-33-21(20)12-1-3-23(27,28)4-2-12/h1,5-9,15,19H,2-4,10-11,29H2,(H,32,33)/t15-,19+/m1/s1. The first-order valence-corrected chi connectivity index (χ1v) is 11.0. The van der Waals surface area contributed by atoms with E-state index in [0.29, 0.717) is 34.8 Å². The fourth-order valence-corrected chi connectivity index (χ4v) is 4.39. The molecule has 0 saturated carbocycles. The maximum atomic E-state index is 14.2. The normalized spacial score (nSPS) is 21.8. The predicted molar refractivity (Wildman–Crippen MR) is 117 cm³/mol. The van der Waals surface area contributed by atoms with E-state index >= 15 is 0 Å². The number of nitrogens with zero attached hydrogens (tertiary/aromatic N) is 4. The Bertz CT molecular complexity index is 1260. The van der Waals surface area contributed by atoms with Gasteiger partial charge in [0.1, 0.15) is 11.5 Å². The van der Waals surface area contributed by atoms with Crippen molar-refractivity contribution in [3.63, 3.8) is 0 Å². The predicted octanol–water partition coefficient (Wildman–Crippen LogP) is 4.54. The van der Waals surface area contributed by atoms with E-state index in [4.69, 9.17) is 10.5 Å². The van der Waals surface area contributed by atoms with E-state index in [9.17, 15) is 22.0 Å². The minimum Gasteiger partial charge on any atom is -0.450 e. The molecule has 1 aliphatic carbocycles. The van der Waals surface area contributed by atoms with E-state index in [2.05, 4.69) is 20.2 Å². The van der Waals surface area contributed by atoms with Crippen molar-refractivity contribution in [1.29, 1.82) is 0 Å².